The molecule has 0 aliphatic rings. The van der Waals surface area contributed by atoms with Gasteiger partial charge in [-0.05, 0) is 62.0 Å². The van der Waals surface area contributed by atoms with Crippen LogP contribution in [0.25, 0.3) is 16.6 Å². The minimum absolute atomic E-state index is 0.186. The Morgan fingerprint density at radius 2 is 2.00 bits per heavy atom. The number of nitrogens with one attached hydrogen (secondary N) is 2. The Labute approximate surface area is 177 Å². The second kappa shape index (κ2) is 7.76. The Morgan fingerprint density at radius 3 is 2.68 bits per heavy atom. The van der Waals surface area contributed by atoms with Crippen LogP contribution >= 0.6 is 31.9 Å². The number of halogens is 2. The third kappa shape index (κ3) is 3.40. The summed E-state index contributed by atoms with van der Waals surface area (Å²) in [6.07, 6.45) is 5.34. The number of rotatable bonds is 5. The number of hydrogen-bond donors (Lipinski definition) is 3. The third-order valence-corrected chi connectivity index (χ3v) is 5.73. The van der Waals surface area contributed by atoms with Gasteiger partial charge in [0.2, 0.25) is 0 Å². The van der Waals surface area contributed by atoms with Gasteiger partial charge in [0.15, 0.2) is 11.5 Å². The average Bonchev–Trinajstić information content (AvgIpc) is 3.14. The van der Waals surface area contributed by atoms with Crippen LogP contribution in [0.5, 0.6) is 0 Å². The number of benzene rings is 2. The molecule has 2 aromatic heterocycles. The van der Waals surface area contributed by atoms with Crippen molar-refractivity contribution in [3.63, 3.8) is 0 Å². The number of aromatic nitrogens is 3. The van der Waals surface area contributed by atoms with E-state index in [2.05, 4.69) is 66.2 Å². The number of anilines is 2. The second-order valence-corrected chi connectivity index (χ2v) is 8.11. The van der Waals surface area contributed by atoms with Crippen molar-refractivity contribution in [3.05, 3.63) is 62.6 Å². The van der Waals surface area contributed by atoms with Crippen LogP contribution in [0, 0.1) is 5.21 Å². The lowest BCUT2D eigenvalue weighted by Crippen LogP contribution is -2.99. The fourth-order valence-electron chi connectivity index (χ4n) is 3.26. The zero-order chi connectivity index (χ0) is 19.8. The van der Waals surface area contributed by atoms with Gasteiger partial charge in [-0.1, -0.05) is 19.4 Å². The van der Waals surface area contributed by atoms with Crippen molar-refractivity contribution in [1.29, 1.82) is 0 Å². The molecule has 0 fully saturated rings. The van der Waals surface area contributed by atoms with E-state index in [-0.39, 0.29) is 5.69 Å². The van der Waals surface area contributed by atoms with Crippen LogP contribution in [0.15, 0.2) is 51.8 Å². The summed E-state index contributed by atoms with van der Waals surface area (Å²) in [7, 11) is 0. The minimum atomic E-state index is -1.000. The molecule has 0 radical (unpaired) electrons. The molecule has 2 heterocycles. The molecule has 1 unspecified atom stereocenters. The largest absolute Gasteiger partial charge is 0.595 e. The summed E-state index contributed by atoms with van der Waals surface area (Å²) in [6, 6.07) is 9.23. The molecular weight excluding hydrogens is 490 g/mol. The number of imidazole rings is 1. The lowest BCUT2D eigenvalue weighted by atomic mass is 10.1. The second-order valence-electron chi connectivity index (χ2n) is 6.40. The van der Waals surface area contributed by atoms with Gasteiger partial charge in [-0.25, -0.2) is 15.2 Å². The van der Waals surface area contributed by atoms with E-state index in [9.17, 15) is 10.4 Å². The molecule has 9 heteroatoms. The van der Waals surface area contributed by atoms with Crippen LogP contribution in [0.1, 0.15) is 18.9 Å². The van der Waals surface area contributed by atoms with E-state index in [1.54, 1.807) is 35.1 Å². The minimum Gasteiger partial charge on any atom is -0.595 e. The molecule has 144 valence electrons. The maximum absolute atomic E-state index is 11.6. The molecule has 3 N–H and O–H groups in total. The van der Waals surface area contributed by atoms with Crippen molar-refractivity contribution < 1.29 is 10.4 Å². The number of para-hydroxylation sites is 1. The third-order valence-electron chi connectivity index (χ3n) is 4.48. The average molecular weight is 507 g/mol. The first-order valence-corrected chi connectivity index (χ1v) is 10.3. The molecule has 1 atom stereocenters. The van der Waals surface area contributed by atoms with Gasteiger partial charge in [0.25, 0.3) is 0 Å². The highest BCUT2D eigenvalue weighted by Gasteiger charge is 2.17. The van der Waals surface area contributed by atoms with E-state index < -0.39 is 5.23 Å². The van der Waals surface area contributed by atoms with Crippen molar-refractivity contribution >= 4 is 65.6 Å². The number of nitrogens with zero attached hydrogens (tertiary/aromatic N) is 3. The van der Waals surface area contributed by atoms with Gasteiger partial charge in [-0.3, -0.25) is 4.40 Å². The van der Waals surface area contributed by atoms with Gasteiger partial charge in [-0.15, -0.1) is 0 Å². The van der Waals surface area contributed by atoms with Gasteiger partial charge in [0.1, 0.15) is 17.4 Å². The highest BCUT2D eigenvalue weighted by atomic mass is 79.9. The highest BCUT2D eigenvalue weighted by Crippen LogP contribution is 2.36. The molecule has 0 aliphatic carbocycles. The fraction of sp³-hybridized carbons (Fsp3) is 0.158. The van der Waals surface area contributed by atoms with Crippen LogP contribution in [0.2, 0.25) is 0 Å². The van der Waals surface area contributed by atoms with Gasteiger partial charge in [-0.2, -0.15) is 5.23 Å². The highest BCUT2D eigenvalue weighted by molar-refractivity contribution is 9.11. The number of quaternary nitrogens is 1. The van der Waals surface area contributed by atoms with Crippen LogP contribution < -0.4 is 10.5 Å². The summed E-state index contributed by atoms with van der Waals surface area (Å²) in [6.45, 7) is 2.15. The normalized spacial score (nSPS) is 12.6. The first kappa shape index (κ1) is 19.3. The Kier molecular flexibility index (Phi) is 5.35. The van der Waals surface area contributed by atoms with E-state index in [0.717, 1.165) is 27.5 Å². The summed E-state index contributed by atoms with van der Waals surface area (Å²) in [4.78, 5) is 8.88. The molecule has 2 aromatic carbocycles. The van der Waals surface area contributed by atoms with E-state index in [4.69, 9.17) is 0 Å². The first-order chi connectivity index (χ1) is 13.5. The van der Waals surface area contributed by atoms with Crippen molar-refractivity contribution in [3.8, 4) is 0 Å². The Hall–Kier alpha value is -2.04. The molecule has 28 heavy (non-hydrogen) atoms. The van der Waals surface area contributed by atoms with Crippen LogP contribution in [0.3, 0.4) is 0 Å². The van der Waals surface area contributed by atoms with Crippen LogP contribution in [-0.4, -0.2) is 19.6 Å². The number of fused-ring (bicyclic) bond motifs is 3. The van der Waals surface area contributed by atoms with Crippen molar-refractivity contribution in [2.24, 2.45) is 0 Å². The molecule has 0 aliphatic heterocycles. The summed E-state index contributed by atoms with van der Waals surface area (Å²) in [5, 5.41) is 23.5. The van der Waals surface area contributed by atoms with E-state index in [1.165, 1.54) is 5.56 Å². The predicted octanol–water partition coefficient (Wildman–Crippen LogP) is 4.51. The Morgan fingerprint density at radius 1 is 1.25 bits per heavy atom. The fourth-order valence-corrected chi connectivity index (χ4v) is 4.74. The summed E-state index contributed by atoms with van der Waals surface area (Å²) < 4.78 is 3.59. The molecule has 0 saturated carbocycles. The van der Waals surface area contributed by atoms with Gasteiger partial charge in [0, 0.05) is 15.0 Å². The standard InChI is InChI=1S/C19H17Br2N5O2/c1-2-4-11-7-12(20)17(13(21)8-11)24-19-16-9-22-10-25(16)18-14(23-19)5-3-6-15(18)26(27)28/h3,5-10,26-27H,2,4H2,1H3,(H,23,24). The summed E-state index contributed by atoms with van der Waals surface area (Å²) >= 11 is 7.28. The number of hydrogen-bond acceptors (Lipinski definition) is 5. The topological polar surface area (TPSA) is 90.0 Å². The maximum Gasteiger partial charge on any atom is 0.190 e. The van der Waals surface area contributed by atoms with Crippen molar-refractivity contribution in [2.45, 2.75) is 19.8 Å². The van der Waals surface area contributed by atoms with Crippen LogP contribution in [0.4, 0.5) is 17.2 Å². The Balaban J connectivity index is 1.87. The van der Waals surface area contributed by atoms with Crippen LogP contribution in [-0.2, 0) is 6.42 Å². The van der Waals surface area contributed by atoms with Gasteiger partial charge in [0.05, 0.1) is 17.4 Å². The van der Waals surface area contributed by atoms with E-state index in [1.807, 2.05) is 0 Å². The van der Waals surface area contributed by atoms with Gasteiger partial charge >= 0.3 is 0 Å². The molecule has 0 spiro atoms. The molecule has 0 amide bonds. The molecule has 0 saturated heterocycles. The zero-order valence-electron chi connectivity index (χ0n) is 14.9. The lowest BCUT2D eigenvalue weighted by molar-refractivity contribution is -0.990. The zero-order valence-corrected chi connectivity index (χ0v) is 18.1. The lowest BCUT2D eigenvalue weighted by Gasteiger charge is -2.17. The molecule has 4 rings (SSSR count). The maximum atomic E-state index is 11.6. The molecule has 0 bridgehead atoms. The quantitative estimate of drug-likeness (QED) is 0.346. The van der Waals surface area contributed by atoms with E-state index in [0.29, 0.717) is 22.4 Å². The van der Waals surface area contributed by atoms with Crippen molar-refractivity contribution in [2.75, 3.05) is 5.32 Å². The molecular formula is C19H17Br2N5O2. The van der Waals surface area contributed by atoms with E-state index >= 15 is 0 Å². The van der Waals surface area contributed by atoms with Gasteiger partial charge < -0.3 is 10.5 Å². The molecule has 4 aromatic rings. The monoisotopic (exact) mass is 505 g/mol. The SMILES string of the molecule is CCCc1cc(Br)c(Nc2nc3cccc([NH+]([O-])O)c3n3cncc23)c(Br)c1. The number of aryl methyl sites for hydroxylation is 1. The first-order valence-electron chi connectivity index (χ1n) is 8.72. The predicted molar refractivity (Wildman–Crippen MR) is 115 cm³/mol. The smallest absolute Gasteiger partial charge is 0.190 e. The summed E-state index contributed by atoms with van der Waals surface area (Å²) in [5.41, 5.74) is 4.05. The summed E-state index contributed by atoms with van der Waals surface area (Å²) in [5.74, 6) is 0.595. The van der Waals surface area contributed by atoms with Crippen molar-refractivity contribution in [1.82, 2.24) is 14.4 Å². The molecule has 7 nitrogen and oxygen atoms in total. The Bertz CT molecular complexity index is 1150.